The van der Waals surface area contributed by atoms with Gasteiger partial charge in [0.05, 0.1) is 26.4 Å². The van der Waals surface area contributed by atoms with E-state index in [0.717, 1.165) is 4.43 Å². The summed E-state index contributed by atoms with van der Waals surface area (Å²) in [5.74, 6) is -0.479. The molecule has 1 saturated heterocycles. The molecule has 3 rings (SSSR count). The minimum Gasteiger partial charge on any atom is -0.376 e. The molecule has 1 fully saturated rings. The molecular weight excluding hydrogens is 403 g/mol. The second-order valence-corrected chi connectivity index (χ2v) is 7.55. The Morgan fingerprint density at radius 1 is 1.04 bits per heavy atom. The van der Waals surface area contributed by atoms with Crippen molar-refractivity contribution in [2.75, 3.05) is 24.2 Å². The molecular formula is C19H23IO3. The van der Waals surface area contributed by atoms with E-state index in [2.05, 4.69) is 65.1 Å². The Morgan fingerprint density at radius 3 is 2.43 bits per heavy atom. The van der Waals surface area contributed by atoms with Gasteiger partial charge in [0.25, 0.3) is 0 Å². The SMILES string of the molecule is CC1(C)OCC(CI)(COCc2ccc3ccccc3c2)CO1. The van der Waals surface area contributed by atoms with Crippen LogP contribution in [-0.4, -0.2) is 30.0 Å². The van der Waals surface area contributed by atoms with Crippen molar-refractivity contribution in [3.05, 3.63) is 48.0 Å². The highest BCUT2D eigenvalue weighted by Crippen LogP contribution is 2.32. The van der Waals surface area contributed by atoms with Crippen LogP contribution in [0.1, 0.15) is 19.4 Å². The predicted octanol–water partition coefficient (Wildman–Crippen LogP) is 4.56. The minimum atomic E-state index is -0.479. The molecule has 0 saturated carbocycles. The van der Waals surface area contributed by atoms with Gasteiger partial charge in [-0.3, -0.25) is 0 Å². The van der Waals surface area contributed by atoms with Gasteiger partial charge in [-0.05, 0) is 36.2 Å². The third-order valence-corrected chi connectivity index (χ3v) is 5.84. The van der Waals surface area contributed by atoms with Crippen molar-refractivity contribution in [1.29, 1.82) is 0 Å². The van der Waals surface area contributed by atoms with Crippen molar-refractivity contribution in [3.63, 3.8) is 0 Å². The number of halogens is 1. The van der Waals surface area contributed by atoms with Crippen LogP contribution in [0.25, 0.3) is 10.8 Å². The maximum atomic E-state index is 6.01. The first-order valence-electron chi connectivity index (χ1n) is 7.91. The summed E-state index contributed by atoms with van der Waals surface area (Å²) in [6.45, 7) is 6.55. The normalized spacial score (nSPS) is 19.8. The maximum absolute atomic E-state index is 6.01. The number of benzene rings is 2. The molecule has 23 heavy (non-hydrogen) atoms. The van der Waals surface area contributed by atoms with Gasteiger partial charge in [-0.1, -0.05) is 59.0 Å². The lowest BCUT2D eigenvalue weighted by atomic mass is 9.93. The monoisotopic (exact) mass is 426 g/mol. The molecule has 4 heteroatoms. The first-order chi connectivity index (χ1) is 11.0. The highest BCUT2D eigenvalue weighted by Gasteiger charge is 2.39. The fourth-order valence-corrected chi connectivity index (χ4v) is 3.31. The molecule has 1 aliphatic rings. The number of alkyl halides is 1. The molecule has 0 unspecified atom stereocenters. The Kier molecular flexibility index (Phi) is 5.26. The topological polar surface area (TPSA) is 27.7 Å². The number of ether oxygens (including phenoxy) is 3. The minimum absolute atomic E-state index is 0.0487. The van der Waals surface area contributed by atoms with E-state index in [9.17, 15) is 0 Å². The molecule has 1 aliphatic heterocycles. The van der Waals surface area contributed by atoms with E-state index in [4.69, 9.17) is 14.2 Å². The smallest absolute Gasteiger partial charge is 0.162 e. The fraction of sp³-hybridized carbons (Fsp3) is 0.474. The van der Waals surface area contributed by atoms with Crippen LogP contribution in [0.3, 0.4) is 0 Å². The Labute approximate surface area is 151 Å². The third-order valence-electron chi connectivity index (χ3n) is 4.23. The fourth-order valence-electron chi connectivity index (χ4n) is 2.65. The molecule has 0 radical (unpaired) electrons. The molecule has 124 valence electrons. The van der Waals surface area contributed by atoms with Crippen LogP contribution >= 0.6 is 22.6 Å². The van der Waals surface area contributed by atoms with Gasteiger partial charge in [-0.25, -0.2) is 0 Å². The molecule has 0 N–H and O–H groups in total. The second-order valence-electron chi connectivity index (χ2n) is 6.79. The van der Waals surface area contributed by atoms with E-state index in [1.165, 1.54) is 16.3 Å². The van der Waals surface area contributed by atoms with Crippen molar-refractivity contribution in [2.45, 2.75) is 26.2 Å². The Bertz CT molecular complexity index is 658. The first-order valence-corrected chi connectivity index (χ1v) is 9.44. The van der Waals surface area contributed by atoms with Crippen LogP contribution in [0.5, 0.6) is 0 Å². The van der Waals surface area contributed by atoms with Crippen molar-refractivity contribution < 1.29 is 14.2 Å². The van der Waals surface area contributed by atoms with Crippen LogP contribution in [-0.2, 0) is 20.8 Å². The lowest BCUT2D eigenvalue weighted by molar-refractivity contribution is -0.287. The zero-order chi connectivity index (χ0) is 16.3. The zero-order valence-electron chi connectivity index (χ0n) is 13.7. The number of hydrogen-bond acceptors (Lipinski definition) is 3. The summed E-state index contributed by atoms with van der Waals surface area (Å²) in [5, 5.41) is 2.51. The van der Waals surface area contributed by atoms with Crippen LogP contribution in [0.15, 0.2) is 42.5 Å². The van der Waals surface area contributed by atoms with Crippen LogP contribution in [0.2, 0.25) is 0 Å². The first kappa shape index (κ1) is 17.1. The van der Waals surface area contributed by atoms with Gasteiger partial charge < -0.3 is 14.2 Å². The van der Waals surface area contributed by atoms with Crippen LogP contribution < -0.4 is 0 Å². The number of rotatable bonds is 5. The van der Waals surface area contributed by atoms with Crippen LogP contribution in [0.4, 0.5) is 0 Å². The summed E-state index contributed by atoms with van der Waals surface area (Å²) in [4.78, 5) is 0. The summed E-state index contributed by atoms with van der Waals surface area (Å²) in [6, 6.07) is 14.9. The van der Waals surface area contributed by atoms with Gasteiger partial charge in [-0.2, -0.15) is 0 Å². The number of fused-ring (bicyclic) bond motifs is 1. The third kappa shape index (κ3) is 4.24. The highest BCUT2D eigenvalue weighted by molar-refractivity contribution is 14.1. The second kappa shape index (κ2) is 7.05. The van der Waals surface area contributed by atoms with Gasteiger partial charge in [0.1, 0.15) is 0 Å². The Hall–Kier alpha value is -0.690. The molecule has 0 aliphatic carbocycles. The van der Waals surface area contributed by atoms with E-state index in [1.807, 2.05) is 13.8 Å². The molecule has 0 spiro atoms. The standard InChI is InChI=1S/C19H23IO3/c1-18(2)22-13-19(11-20,14-23-18)12-21-10-15-7-8-16-5-3-4-6-17(16)9-15/h3-9H,10-14H2,1-2H3. The van der Waals surface area contributed by atoms with E-state index in [-0.39, 0.29) is 5.41 Å². The molecule has 1 heterocycles. The molecule has 2 aromatic carbocycles. The summed E-state index contributed by atoms with van der Waals surface area (Å²) in [5.41, 5.74) is 1.15. The molecule has 3 nitrogen and oxygen atoms in total. The average Bonchev–Trinajstić information content (AvgIpc) is 2.57. The molecule has 0 aromatic heterocycles. The van der Waals surface area contributed by atoms with Crippen LogP contribution in [0, 0.1) is 5.41 Å². The van der Waals surface area contributed by atoms with Crippen molar-refractivity contribution in [3.8, 4) is 0 Å². The van der Waals surface area contributed by atoms with E-state index in [0.29, 0.717) is 26.4 Å². The van der Waals surface area contributed by atoms with Crippen molar-refractivity contribution in [1.82, 2.24) is 0 Å². The van der Waals surface area contributed by atoms with Gasteiger partial charge in [0.2, 0.25) is 0 Å². The zero-order valence-corrected chi connectivity index (χ0v) is 15.8. The molecule has 0 bridgehead atoms. The van der Waals surface area contributed by atoms with Crippen molar-refractivity contribution in [2.24, 2.45) is 5.41 Å². The maximum Gasteiger partial charge on any atom is 0.162 e. The Morgan fingerprint density at radius 2 is 1.74 bits per heavy atom. The van der Waals surface area contributed by atoms with Gasteiger partial charge in [0, 0.05) is 9.84 Å². The predicted molar refractivity (Wildman–Crippen MR) is 101 cm³/mol. The van der Waals surface area contributed by atoms with E-state index in [1.54, 1.807) is 0 Å². The average molecular weight is 426 g/mol. The van der Waals surface area contributed by atoms with E-state index < -0.39 is 5.79 Å². The Balaban J connectivity index is 1.59. The van der Waals surface area contributed by atoms with Gasteiger partial charge in [0.15, 0.2) is 5.79 Å². The number of hydrogen-bond donors (Lipinski definition) is 0. The van der Waals surface area contributed by atoms with Gasteiger partial charge >= 0.3 is 0 Å². The molecule has 0 atom stereocenters. The molecule has 2 aromatic rings. The highest BCUT2D eigenvalue weighted by atomic mass is 127. The van der Waals surface area contributed by atoms with Crippen molar-refractivity contribution >= 4 is 33.4 Å². The summed E-state index contributed by atoms with van der Waals surface area (Å²) in [7, 11) is 0. The van der Waals surface area contributed by atoms with Gasteiger partial charge in [-0.15, -0.1) is 0 Å². The largest absolute Gasteiger partial charge is 0.376 e. The van der Waals surface area contributed by atoms with E-state index >= 15 is 0 Å². The lowest BCUT2D eigenvalue weighted by Gasteiger charge is -2.42. The molecule has 0 amide bonds. The quantitative estimate of drug-likeness (QED) is 0.518. The summed E-state index contributed by atoms with van der Waals surface area (Å²) >= 11 is 2.40. The lowest BCUT2D eigenvalue weighted by Crippen LogP contribution is -2.49. The summed E-state index contributed by atoms with van der Waals surface area (Å²) in [6.07, 6.45) is 0. The summed E-state index contributed by atoms with van der Waals surface area (Å²) < 4.78 is 18.6.